The molecule has 0 aliphatic carbocycles. The summed E-state index contributed by atoms with van der Waals surface area (Å²) in [5, 5.41) is 1.34. The van der Waals surface area contributed by atoms with Gasteiger partial charge in [-0.2, -0.15) is 0 Å². The van der Waals surface area contributed by atoms with Crippen molar-refractivity contribution in [3.05, 3.63) is 60.4 Å². The van der Waals surface area contributed by atoms with Gasteiger partial charge in [0, 0.05) is 7.11 Å². The summed E-state index contributed by atoms with van der Waals surface area (Å²) in [5.41, 5.74) is 0.810. The lowest BCUT2D eigenvalue weighted by Gasteiger charge is -2.02. The SMILES string of the molecule is COCCOC(=O)c1sc2nc(/C(Cl)=C/c3ccc(Cl)c(Cl)c3)[nH]c(=O)c2c1C. The van der Waals surface area contributed by atoms with Crippen LogP contribution in [-0.2, 0) is 9.47 Å². The van der Waals surface area contributed by atoms with E-state index in [4.69, 9.17) is 44.3 Å². The fourth-order valence-corrected chi connectivity index (χ4v) is 4.15. The van der Waals surface area contributed by atoms with Crippen molar-refractivity contribution in [1.29, 1.82) is 0 Å². The van der Waals surface area contributed by atoms with Crippen molar-refractivity contribution in [2.75, 3.05) is 20.3 Å². The molecule has 0 aliphatic heterocycles. The Bertz CT molecular complexity index is 1170. The van der Waals surface area contributed by atoms with Crippen LogP contribution in [0.15, 0.2) is 23.0 Å². The van der Waals surface area contributed by atoms with E-state index in [1.54, 1.807) is 31.2 Å². The highest BCUT2D eigenvalue weighted by Crippen LogP contribution is 2.30. The molecule has 0 bridgehead atoms. The Morgan fingerprint density at radius 3 is 2.72 bits per heavy atom. The van der Waals surface area contributed by atoms with E-state index in [9.17, 15) is 9.59 Å². The van der Waals surface area contributed by atoms with E-state index in [-0.39, 0.29) is 24.1 Å². The highest BCUT2D eigenvalue weighted by atomic mass is 35.5. The van der Waals surface area contributed by atoms with E-state index in [2.05, 4.69) is 9.97 Å². The molecule has 6 nitrogen and oxygen atoms in total. The minimum absolute atomic E-state index is 0.121. The normalized spacial score (nSPS) is 11.8. The number of nitrogens with zero attached hydrogens (tertiary/aromatic N) is 1. The Labute approximate surface area is 185 Å². The second-order valence-electron chi connectivity index (χ2n) is 5.95. The van der Waals surface area contributed by atoms with E-state index < -0.39 is 11.5 Å². The third-order valence-corrected chi connectivity index (χ3v) is 6.16. The van der Waals surface area contributed by atoms with E-state index in [0.717, 1.165) is 11.3 Å². The first-order valence-corrected chi connectivity index (χ1v) is 10.3. The predicted molar refractivity (Wildman–Crippen MR) is 117 cm³/mol. The van der Waals surface area contributed by atoms with Crippen molar-refractivity contribution in [1.82, 2.24) is 9.97 Å². The van der Waals surface area contributed by atoms with Crippen LogP contribution in [0.4, 0.5) is 0 Å². The number of H-pyrrole nitrogens is 1. The number of halogens is 3. The Kier molecular flexibility index (Phi) is 6.97. The molecule has 1 aromatic carbocycles. The van der Waals surface area contributed by atoms with Gasteiger partial charge in [-0.3, -0.25) is 4.79 Å². The zero-order valence-electron chi connectivity index (χ0n) is 15.3. The van der Waals surface area contributed by atoms with Gasteiger partial charge in [-0.1, -0.05) is 40.9 Å². The predicted octanol–water partition coefficient (Wildman–Crippen LogP) is 5.14. The quantitative estimate of drug-likeness (QED) is 0.396. The van der Waals surface area contributed by atoms with Crippen molar-refractivity contribution in [3.8, 4) is 0 Å². The number of ether oxygens (including phenoxy) is 2. The van der Waals surface area contributed by atoms with Crippen LogP contribution in [0.1, 0.15) is 26.6 Å². The minimum Gasteiger partial charge on any atom is -0.459 e. The second kappa shape index (κ2) is 9.28. The Hall–Kier alpha value is -1.90. The lowest BCUT2D eigenvalue weighted by Crippen LogP contribution is -2.11. The maximum Gasteiger partial charge on any atom is 0.348 e. The van der Waals surface area contributed by atoms with Crippen LogP contribution in [0.5, 0.6) is 0 Å². The molecule has 10 heteroatoms. The van der Waals surface area contributed by atoms with Gasteiger partial charge in [0.05, 0.1) is 27.1 Å². The number of nitrogens with one attached hydrogen (secondary N) is 1. The lowest BCUT2D eigenvalue weighted by atomic mass is 10.2. The van der Waals surface area contributed by atoms with Crippen LogP contribution < -0.4 is 5.56 Å². The Balaban J connectivity index is 1.98. The van der Waals surface area contributed by atoms with Gasteiger partial charge in [-0.25, -0.2) is 9.78 Å². The van der Waals surface area contributed by atoms with E-state index >= 15 is 0 Å². The number of fused-ring (bicyclic) bond motifs is 1. The molecule has 0 saturated heterocycles. The molecule has 1 N–H and O–H groups in total. The largest absolute Gasteiger partial charge is 0.459 e. The number of hydrogen-bond acceptors (Lipinski definition) is 6. The van der Waals surface area contributed by atoms with Gasteiger partial charge in [-0.05, 0) is 36.3 Å². The molecule has 29 heavy (non-hydrogen) atoms. The first kappa shape index (κ1) is 21.8. The molecule has 0 atom stereocenters. The number of carbonyl (C=O) groups is 1. The zero-order valence-corrected chi connectivity index (χ0v) is 18.4. The Morgan fingerprint density at radius 1 is 1.28 bits per heavy atom. The van der Waals surface area contributed by atoms with Gasteiger partial charge in [-0.15, -0.1) is 11.3 Å². The van der Waals surface area contributed by atoms with Crippen molar-refractivity contribution in [2.45, 2.75) is 6.92 Å². The van der Waals surface area contributed by atoms with Gasteiger partial charge in [0.15, 0.2) is 5.82 Å². The molecule has 0 fully saturated rings. The summed E-state index contributed by atoms with van der Waals surface area (Å²) in [7, 11) is 1.51. The number of thiophene rings is 1. The number of methoxy groups -OCH3 is 1. The fraction of sp³-hybridized carbons (Fsp3) is 0.211. The number of aryl methyl sites for hydroxylation is 1. The van der Waals surface area contributed by atoms with Crippen LogP contribution in [0.25, 0.3) is 21.3 Å². The monoisotopic (exact) mass is 472 g/mol. The summed E-state index contributed by atoms with van der Waals surface area (Å²) < 4.78 is 10.0. The van der Waals surface area contributed by atoms with Gasteiger partial charge in [0.1, 0.15) is 16.3 Å². The molecule has 0 aliphatic rings. The van der Waals surface area contributed by atoms with Crippen molar-refractivity contribution >= 4 is 73.4 Å². The molecule has 2 aromatic heterocycles. The number of rotatable bonds is 6. The number of esters is 1. The molecule has 0 spiro atoms. The van der Waals surface area contributed by atoms with Gasteiger partial charge >= 0.3 is 5.97 Å². The number of carbonyl (C=O) groups excluding carboxylic acids is 1. The molecule has 0 amide bonds. The van der Waals surface area contributed by atoms with Crippen LogP contribution in [-0.4, -0.2) is 36.3 Å². The standard InChI is InChI=1S/C19H15Cl3N2O4S/c1-9-14-17(25)23-16(13(22)8-10-3-4-11(20)12(21)7-10)24-18(14)29-15(9)19(26)28-6-5-27-2/h3-4,7-8H,5-6H2,1-2H3,(H,23,24,25)/b13-8-. The van der Waals surface area contributed by atoms with Crippen molar-refractivity contribution in [3.63, 3.8) is 0 Å². The van der Waals surface area contributed by atoms with Crippen LogP contribution in [0.3, 0.4) is 0 Å². The highest BCUT2D eigenvalue weighted by Gasteiger charge is 2.21. The molecule has 0 unspecified atom stereocenters. The first-order valence-electron chi connectivity index (χ1n) is 8.34. The third kappa shape index (κ3) is 4.82. The van der Waals surface area contributed by atoms with Gasteiger partial charge in [0.2, 0.25) is 0 Å². The average Bonchev–Trinajstić information content (AvgIpc) is 3.02. The van der Waals surface area contributed by atoms with Crippen molar-refractivity contribution in [2.24, 2.45) is 0 Å². The highest BCUT2D eigenvalue weighted by molar-refractivity contribution is 7.20. The van der Waals surface area contributed by atoms with Gasteiger partial charge < -0.3 is 14.5 Å². The number of aromatic amines is 1. The van der Waals surface area contributed by atoms with Gasteiger partial charge in [0.25, 0.3) is 5.56 Å². The summed E-state index contributed by atoms with van der Waals surface area (Å²) in [4.78, 5) is 32.6. The molecule has 152 valence electrons. The van der Waals surface area contributed by atoms with Crippen LogP contribution >= 0.6 is 46.1 Å². The van der Waals surface area contributed by atoms with Crippen LogP contribution in [0, 0.1) is 6.92 Å². The topological polar surface area (TPSA) is 81.3 Å². The summed E-state index contributed by atoms with van der Waals surface area (Å²) in [5.74, 6) is -0.350. The summed E-state index contributed by atoms with van der Waals surface area (Å²) in [6.45, 7) is 2.08. The maximum absolute atomic E-state index is 12.6. The second-order valence-corrected chi connectivity index (χ2v) is 8.17. The van der Waals surface area contributed by atoms with E-state index in [1.165, 1.54) is 7.11 Å². The summed E-state index contributed by atoms with van der Waals surface area (Å²) in [6.07, 6.45) is 1.61. The third-order valence-electron chi connectivity index (χ3n) is 3.97. The fourth-order valence-electron chi connectivity index (χ4n) is 2.55. The number of aromatic nitrogens is 2. The molecule has 2 heterocycles. The average molecular weight is 474 g/mol. The maximum atomic E-state index is 12.6. The zero-order chi connectivity index (χ0) is 21.1. The molecular weight excluding hydrogens is 459 g/mol. The smallest absolute Gasteiger partial charge is 0.348 e. The molecule has 3 aromatic rings. The summed E-state index contributed by atoms with van der Waals surface area (Å²) >= 11 is 19.4. The molecular formula is C19H15Cl3N2O4S. The van der Waals surface area contributed by atoms with Crippen LogP contribution in [0.2, 0.25) is 10.0 Å². The molecule has 0 radical (unpaired) electrons. The number of hydrogen-bond donors (Lipinski definition) is 1. The lowest BCUT2D eigenvalue weighted by molar-refractivity contribution is 0.0393. The first-order chi connectivity index (χ1) is 13.8. The minimum atomic E-state index is -0.527. The van der Waals surface area contributed by atoms with E-state index in [0.29, 0.717) is 36.3 Å². The number of benzene rings is 1. The summed E-state index contributed by atoms with van der Waals surface area (Å²) in [6, 6.07) is 5.02. The molecule has 3 rings (SSSR count). The van der Waals surface area contributed by atoms with E-state index in [1.807, 2.05) is 0 Å². The van der Waals surface area contributed by atoms with Crippen molar-refractivity contribution < 1.29 is 14.3 Å². The Morgan fingerprint density at radius 2 is 2.03 bits per heavy atom. The molecule has 0 saturated carbocycles.